The zero-order valence-electron chi connectivity index (χ0n) is 11.4. The van der Waals surface area contributed by atoms with Crippen LogP contribution in [0, 0.1) is 0 Å². The van der Waals surface area contributed by atoms with Crippen molar-refractivity contribution in [2.45, 2.75) is 25.3 Å². The van der Waals surface area contributed by atoms with Gasteiger partial charge in [-0.15, -0.1) is 0 Å². The summed E-state index contributed by atoms with van der Waals surface area (Å²) in [6.45, 7) is 0.691. The second-order valence-electron chi connectivity index (χ2n) is 4.72. The zero-order chi connectivity index (χ0) is 14.4. The summed E-state index contributed by atoms with van der Waals surface area (Å²) in [7, 11) is 1.30. The normalized spacial score (nSPS) is 13.7. The molecule has 1 fully saturated rings. The van der Waals surface area contributed by atoms with E-state index in [9.17, 15) is 9.59 Å². The number of benzene rings is 1. The van der Waals surface area contributed by atoms with E-state index < -0.39 is 6.09 Å². The lowest BCUT2D eigenvalue weighted by molar-refractivity contribution is -0.116. The van der Waals surface area contributed by atoms with E-state index in [2.05, 4.69) is 20.7 Å². The maximum atomic E-state index is 11.7. The molecule has 1 aromatic rings. The molecule has 1 aromatic carbocycles. The molecule has 6 heteroatoms. The summed E-state index contributed by atoms with van der Waals surface area (Å²) in [5.74, 6) is -0.0478. The van der Waals surface area contributed by atoms with Crippen molar-refractivity contribution < 1.29 is 14.3 Å². The first-order valence-corrected chi connectivity index (χ1v) is 6.65. The van der Waals surface area contributed by atoms with Gasteiger partial charge >= 0.3 is 6.09 Å². The molecule has 0 saturated heterocycles. The molecule has 1 aliphatic carbocycles. The first kappa shape index (κ1) is 14.3. The first-order chi connectivity index (χ1) is 9.67. The summed E-state index contributed by atoms with van der Waals surface area (Å²) in [6.07, 6.45) is 2.32. The molecule has 1 saturated carbocycles. The van der Waals surface area contributed by atoms with Gasteiger partial charge in [-0.3, -0.25) is 10.1 Å². The van der Waals surface area contributed by atoms with E-state index >= 15 is 0 Å². The van der Waals surface area contributed by atoms with Gasteiger partial charge in [-0.05, 0) is 31.0 Å². The van der Waals surface area contributed by atoms with E-state index in [-0.39, 0.29) is 5.91 Å². The molecular weight excluding hydrogens is 258 g/mol. The second kappa shape index (κ2) is 6.91. The van der Waals surface area contributed by atoms with E-state index in [1.54, 1.807) is 24.3 Å². The third-order valence-electron chi connectivity index (χ3n) is 2.94. The van der Waals surface area contributed by atoms with Crippen molar-refractivity contribution in [3.63, 3.8) is 0 Å². The quantitative estimate of drug-likeness (QED) is 0.742. The summed E-state index contributed by atoms with van der Waals surface area (Å²) in [5.41, 5.74) is 1.22. The minimum Gasteiger partial charge on any atom is -0.453 e. The van der Waals surface area contributed by atoms with Crippen molar-refractivity contribution >= 4 is 23.4 Å². The molecule has 0 radical (unpaired) electrons. The van der Waals surface area contributed by atoms with Crippen LogP contribution < -0.4 is 16.0 Å². The molecule has 0 spiro atoms. The number of amides is 2. The highest BCUT2D eigenvalue weighted by molar-refractivity contribution is 5.92. The summed E-state index contributed by atoms with van der Waals surface area (Å²) in [6, 6.07) is 7.54. The Balaban J connectivity index is 1.79. The Morgan fingerprint density at radius 3 is 2.60 bits per heavy atom. The molecule has 108 valence electrons. The van der Waals surface area contributed by atoms with Crippen molar-refractivity contribution in [3.8, 4) is 0 Å². The standard InChI is InChI=1S/C14H19N3O3/c1-20-14(19)17-12-4-2-3-11(9-12)16-13(18)7-8-15-10-5-6-10/h2-4,9-10,15H,5-8H2,1H3,(H,16,18)(H,17,19). The van der Waals surface area contributed by atoms with Crippen molar-refractivity contribution in [2.75, 3.05) is 24.3 Å². The number of carbonyl (C=O) groups excluding carboxylic acids is 2. The lowest BCUT2D eigenvalue weighted by Crippen LogP contribution is -2.23. The van der Waals surface area contributed by atoms with Gasteiger partial charge in [0.05, 0.1) is 7.11 Å². The maximum absolute atomic E-state index is 11.7. The van der Waals surface area contributed by atoms with Crippen molar-refractivity contribution in [1.82, 2.24) is 5.32 Å². The highest BCUT2D eigenvalue weighted by atomic mass is 16.5. The summed E-state index contributed by atoms with van der Waals surface area (Å²) in [5, 5.41) is 8.63. The van der Waals surface area contributed by atoms with Crippen LogP contribution in [0.3, 0.4) is 0 Å². The molecule has 2 rings (SSSR count). The van der Waals surface area contributed by atoms with E-state index in [1.807, 2.05) is 0 Å². The number of methoxy groups -OCH3 is 1. The fraction of sp³-hybridized carbons (Fsp3) is 0.429. The molecule has 0 atom stereocenters. The molecule has 0 bridgehead atoms. The van der Waals surface area contributed by atoms with E-state index in [4.69, 9.17) is 0 Å². The molecule has 3 N–H and O–H groups in total. The van der Waals surface area contributed by atoms with E-state index in [1.165, 1.54) is 20.0 Å². The summed E-state index contributed by atoms with van der Waals surface area (Å²) in [4.78, 5) is 22.8. The van der Waals surface area contributed by atoms with Gasteiger partial charge in [0, 0.05) is 30.4 Å². The number of nitrogens with one attached hydrogen (secondary N) is 3. The average molecular weight is 277 g/mol. The summed E-state index contributed by atoms with van der Waals surface area (Å²) < 4.78 is 4.51. The molecule has 0 aromatic heterocycles. The van der Waals surface area contributed by atoms with Gasteiger partial charge in [-0.1, -0.05) is 6.07 Å². The van der Waals surface area contributed by atoms with Gasteiger partial charge in [0.25, 0.3) is 0 Å². The molecule has 20 heavy (non-hydrogen) atoms. The second-order valence-corrected chi connectivity index (χ2v) is 4.72. The molecular formula is C14H19N3O3. The fourth-order valence-corrected chi connectivity index (χ4v) is 1.74. The molecule has 2 amide bonds. The Hall–Kier alpha value is -2.08. The predicted octanol–water partition coefficient (Wildman–Crippen LogP) is 1.95. The Bertz CT molecular complexity index is 486. The van der Waals surface area contributed by atoms with Crippen LogP contribution in [0.4, 0.5) is 16.2 Å². The molecule has 0 heterocycles. The third kappa shape index (κ3) is 4.89. The smallest absolute Gasteiger partial charge is 0.411 e. The predicted molar refractivity (Wildman–Crippen MR) is 76.7 cm³/mol. The van der Waals surface area contributed by atoms with Crippen LogP contribution in [0.2, 0.25) is 0 Å². The van der Waals surface area contributed by atoms with Crippen LogP contribution in [0.15, 0.2) is 24.3 Å². The topological polar surface area (TPSA) is 79.5 Å². The first-order valence-electron chi connectivity index (χ1n) is 6.65. The maximum Gasteiger partial charge on any atom is 0.411 e. The van der Waals surface area contributed by atoms with Gasteiger partial charge in [0.2, 0.25) is 5.91 Å². The monoisotopic (exact) mass is 277 g/mol. The van der Waals surface area contributed by atoms with Crippen LogP contribution in [0.25, 0.3) is 0 Å². The molecule has 0 aliphatic heterocycles. The number of hydrogen-bond donors (Lipinski definition) is 3. The minimum atomic E-state index is -0.540. The largest absolute Gasteiger partial charge is 0.453 e. The number of anilines is 2. The van der Waals surface area contributed by atoms with Crippen LogP contribution in [-0.2, 0) is 9.53 Å². The summed E-state index contributed by atoms with van der Waals surface area (Å²) >= 11 is 0. The Morgan fingerprint density at radius 2 is 1.95 bits per heavy atom. The zero-order valence-corrected chi connectivity index (χ0v) is 11.4. The van der Waals surface area contributed by atoms with Gasteiger partial charge in [0.1, 0.15) is 0 Å². The van der Waals surface area contributed by atoms with Crippen LogP contribution in [-0.4, -0.2) is 31.7 Å². The lowest BCUT2D eigenvalue weighted by atomic mass is 10.2. The number of rotatable bonds is 6. The highest BCUT2D eigenvalue weighted by Crippen LogP contribution is 2.18. The van der Waals surface area contributed by atoms with E-state index in [0.717, 1.165) is 0 Å². The SMILES string of the molecule is COC(=O)Nc1cccc(NC(=O)CCNC2CC2)c1. The fourth-order valence-electron chi connectivity index (χ4n) is 1.74. The molecule has 1 aliphatic rings. The highest BCUT2D eigenvalue weighted by Gasteiger charge is 2.20. The van der Waals surface area contributed by atoms with Crippen LogP contribution in [0.5, 0.6) is 0 Å². The Morgan fingerprint density at radius 1 is 1.25 bits per heavy atom. The van der Waals surface area contributed by atoms with Gasteiger partial charge in [-0.2, -0.15) is 0 Å². The van der Waals surface area contributed by atoms with Crippen LogP contribution in [0.1, 0.15) is 19.3 Å². The van der Waals surface area contributed by atoms with Crippen molar-refractivity contribution in [2.24, 2.45) is 0 Å². The minimum absolute atomic E-state index is 0.0478. The Labute approximate surface area is 117 Å². The van der Waals surface area contributed by atoms with Gasteiger partial charge in [0.15, 0.2) is 0 Å². The Kier molecular flexibility index (Phi) is 4.95. The average Bonchev–Trinajstić information content (AvgIpc) is 3.23. The lowest BCUT2D eigenvalue weighted by Gasteiger charge is -2.08. The van der Waals surface area contributed by atoms with Crippen LogP contribution >= 0.6 is 0 Å². The molecule has 0 unspecified atom stereocenters. The number of ether oxygens (including phenoxy) is 1. The third-order valence-corrected chi connectivity index (χ3v) is 2.94. The van der Waals surface area contributed by atoms with Gasteiger partial charge < -0.3 is 15.4 Å². The van der Waals surface area contributed by atoms with Crippen molar-refractivity contribution in [3.05, 3.63) is 24.3 Å². The van der Waals surface area contributed by atoms with Gasteiger partial charge in [-0.25, -0.2) is 4.79 Å². The number of carbonyl (C=O) groups is 2. The molecule has 6 nitrogen and oxygen atoms in total. The van der Waals surface area contributed by atoms with E-state index in [0.29, 0.717) is 30.4 Å². The van der Waals surface area contributed by atoms with Crippen molar-refractivity contribution in [1.29, 1.82) is 0 Å². The number of hydrogen-bond acceptors (Lipinski definition) is 4.